The minimum Gasteiger partial charge on any atom is -0.326 e. The number of halogens is 3. The first kappa shape index (κ1) is 19.9. The number of nitrogens with zero attached hydrogens (tertiary/aromatic N) is 2. The monoisotopic (exact) mass is 410 g/mol. The van der Waals surface area contributed by atoms with Gasteiger partial charge in [0.1, 0.15) is 0 Å². The highest BCUT2D eigenvalue weighted by Crippen LogP contribution is 2.30. The van der Waals surface area contributed by atoms with E-state index in [1.54, 1.807) is 6.92 Å². The van der Waals surface area contributed by atoms with Gasteiger partial charge in [0.25, 0.3) is 5.56 Å². The van der Waals surface area contributed by atoms with E-state index >= 15 is 0 Å². The number of amides is 1. The second-order valence-corrected chi connectivity index (χ2v) is 7.09. The standard InChI is InChI=1S/C18H17F3N4O2S/c1-10-9-28-17(22-10)25-16(27)14(11(2)24-25)6-7-15(26)23-13-5-3-4-12(8-13)18(19,20)21/h3-5,8-9,24H,6-7H2,1-2H3,(H,23,26). The Morgan fingerprint density at radius 3 is 2.71 bits per heavy atom. The van der Waals surface area contributed by atoms with Gasteiger partial charge in [0.2, 0.25) is 11.0 Å². The van der Waals surface area contributed by atoms with Crippen molar-refractivity contribution in [3.63, 3.8) is 0 Å². The van der Waals surface area contributed by atoms with E-state index in [0.717, 1.165) is 17.8 Å². The van der Waals surface area contributed by atoms with E-state index in [-0.39, 0.29) is 24.1 Å². The fraction of sp³-hybridized carbons (Fsp3) is 0.278. The molecule has 0 aliphatic heterocycles. The highest BCUT2D eigenvalue weighted by Gasteiger charge is 2.30. The van der Waals surface area contributed by atoms with Crippen LogP contribution in [0.1, 0.15) is 28.9 Å². The van der Waals surface area contributed by atoms with E-state index in [1.807, 2.05) is 12.3 Å². The Labute approximate surface area is 162 Å². The van der Waals surface area contributed by atoms with Crippen molar-refractivity contribution >= 4 is 22.9 Å². The molecule has 3 rings (SSSR count). The first-order chi connectivity index (χ1) is 13.1. The molecule has 3 aromatic rings. The van der Waals surface area contributed by atoms with Crippen LogP contribution in [0.25, 0.3) is 5.13 Å². The third kappa shape index (κ3) is 4.33. The Hall–Kier alpha value is -2.88. The van der Waals surface area contributed by atoms with E-state index in [9.17, 15) is 22.8 Å². The van der Waals surface area contributed by atoms with Crippen LogP contribution in [0.2, 0.25) is 0 Å². The Kier molecular flexibility index (Phi) is 5.41. The lowest BCUT2D eigenvalue weighted by Gasteiger charge is -2.09. The maximum atomic E-state index is 12.7. The van der Waals surface area contributed by atoms with E-state index in [4.69, 9.17) is 0 Å². The quantitative estimate of drug-likeness (QED) is 0.671. The van der Waals surface area contributed by atoms with Crippen LogP contribution in [-0.2, 0) is 17.4 Å². The SMILES string of the molecule is Cc1csc(-n2[nH]c(C)c(CCC(=O)Nc3cccc(C(F)(F)F)c3)c2=O)n1. The predicted molar refractivity (Wildman–Crippen MR) is 99.9 cm³/mol. The summed E-state index contributed by atoms with van der Waals surface area (Å²) in [6.07, 6.45) is -4.37. The van der Waals surface area contributed by atoms with E-state index < -0.39 is 17.6 Å². The Bertz CT molecular complexity index is 1070. The van der Waals surface area contributed by atoms with Crippen molar-refractivity contribution in [3.05, 3.63) is 62.5 Å². The summed E-state index contributed by atoms with van der Waals surface area (Å²) >= 11 is 1.32. The van der Waals surface area contributed by atoms with Crippen LogP contribution in [0.4, 0.5) is 18.9 Å². The lowest BCUT2D eigenvalue weighted by Crippen LogP contribution is -2.19. The number of alkyl halides is 3. The molecule has 2 N–H and O–H groups in total. The maximum Gasteiger partial charge on any atom is 0.416 e. The van der Waals surface area contributed by atoms with Gasteiger partial charge in [0, 0.05) is 28.7 Å². The fourth-order valence-electron chi connectivity index (χ4n) is 2.69. The first-order valence-electron chi connectivity index (χ1n) is 8.35. The molecule has 0 aliphatic carbocycles. The molecule has 0 spiro atoms. The second-order valence-electron chi connectivity index (χ2n) is 6.25. The van der Waals surface area contributed by atoms with Gasteiger partial charge in [-0.05, 0) is 38.5 Å². The van der Waals surface area contributed by atoms with E-state index in [0.29, 0.717) is 16.4 Å². The molecule has 2 aromatic heterocycles. The summed E-state index contributed by atoms with van der Waals surface area (Å²) in [4.78, 5) is 28.9. The van der Waals surface area contributed by atoms with Gasteiger partial charge in [-0.15, -0.1) is 11.3 Å². The highest BCUT2D eigenvalue weighted by atomic mass is 32.1. The third-order valence-electron chi connectivity index (χ3n) is 4.07. The smallest absolute Gasteiger partial charge is 0.326 e. The largest absolute Gasteiger partial charge is 0.416 e. The van der Waals surface area contributed by atoms with Crippen LogP contribution < -0.4 is 10.9 Å². The molecule has 0 unspecified atom stereocenters. The fourth-order valence-corrected chi connectivity index (χ4v) is 3.45. The molecule has 10 heteroatoms. The van der Waals surface area contributed by atoms with Gasteiger partial charge in [-0.25, -0.2) is 4.98 Å². The number of aryl methyl sites for hydroxylation is 2. The van der Waals surface area contributed by atoms with Crippen LogP contribution in [0.3, 0.4) is 0 Å². The first-order valence-corrected chi connectivity index (χ1v) is 9.23. The summed E-state index contributed by atoms with van der Waals surface area (Å²) in [7, 11) is 0. The van der Waals surface area contributed by atoms with Gasteiger partial charge in [-0.1, -0.05) is 6.07 Å². The summed E-state index contributed by atoms with van der Waals surface area (Å²) in [5.74, 6) is -0.476. The van der Waals surface area contributed by atoms with Crippen molar-refractivity contribution in [2.24, 2.45) is 0 Å². The number of carbonyl (C=O) groups excluding carboxylic acids is 1. The molecule has 0 saturated heterocycles. The molecule has 1 aromatic carbocycles. The highest BCUT2D eigenvalue weighted by molar-refractivity contribution is 7.12. The Morgan fingerprint density at radius 1 is 1.32 bits per heavy atom. The van der Waals surface area contributed by atoms with Crippen LogP contribution in [0, 0.1) is 13.8 Å². The number of aromatic amines is 1. The van der Waals surface area contributed by atoms with Crippen molar-refractivity contribution in [1.82, 2.24) is 14.8 Å². The summed E-state index contributed by atoms with van der Waals surface area (Å²) in [6, 6.07) is 4.41. The van der Waals surface area contributed by atoms with E-state index in [2.05, 4.69) is 15.4 Å². The minimum absolute atomic E-state index is 0.0406. The van der Waals surface area contributed by atoms with Gasteiger partial charge >= 0.3 is 6.18 Å². The molecule has 0 fully saturated rings. The average molecular weight is 410 g/mol. The number of anilines is 1. The van der Waals surface area contributed by atoms with Crippen LogP contribution in [-0.4, -0.2) is 20.7 Å². The predicted octanol–water partition coefficient (Wildman–Crippen LogP) is 3.83. The lowest BCUT2D eigenvalue weighted by atomic mass is 10.1. The molecule has 0 saturated carbocycles. The molecule has 0 aliphatic rings. The summed E-state index contributed by atoms with van der Waals surface area (Å²) in [5, 5.41) is 7.70. The number of carbonyl (C=O) groups is 1. The molecule has 2 heterocycles. The van der Waals surface area contributed by atoms with Gasteiger partial charge in [0.05, 0.1) is 11.3 Å². The van der Waals surface area contributed by atoms with Gasteiger partial charge in [-0.3, -0.25) is 14.7 Å². The summed E-state index contributed by atoms with van der Waals surface area (Å²) in [5.41, 5.74) is 0.770. The second kappa shape index (κ2) is 7.63. The molecule has 0 radical (unpaired) electrons. The van der Waals surface area contributed by atoms with Gasteiger partial charge in [-0.2, -0.15) is 17.9 Å². The van der Waals surface area contributed by atoms with Crippen LogP contribution in [0.5, 0.6) is 0 Å². The maximum absolute atomic E-state index is 12.7. The molecular weight excluding hydrogens is 393 g/mol. The molecule has 148 valence electrons. The molecular formula is C18H17F3N4O2S. The van der Waals surface area contributed by atoms with Crippen molar-refractivity contribution in [3.8, 4) is 5.13 Å². The molecule has 1 amide bonds. The number of rotatable bonds is 5. The number of hydrogen-bond donors (Lipinski definition) is 2. The average Bonchev–Trinajstić information content (AvgIpc) is 3.16. The van der Waals surface area contributed by atoms with Crippen molar-refractivity contribution in [1.29, 1.82) is 0 Å². The van der Waals surface area contributed by atoms with Gasteiger partial charge < -0.3 is 5.32 Å². The molecule has 0 atom stereocenters. The number of hydrogen-bond acceptors (Lipinski definition) is 4. The third-order valence-corrected chi connectivity index (χ3v) is 5.01. The number of nitrogens with one attached hydrogen (secondary N) is 2. The summed E-state index contributed by atoms with van der Waals surface area (Å²) < 4.78 is 39.6. The van der Waals surface area contributed by atoms with E-state index in [1.165, 1.54) is 28.2 Å². The van der Waals surface area contributed by atoms with Crippen molar-refractivity contribution < 1.29 is 18.0 Å². The topological polar surface area (TPSA) is 79.8 Å². The van der Waals surface area contributed by atoms with Gasteiger partial charge in [0.15, 0.2) is 0 Å². The minimum atomic E-state index is -4.48. The zero-order valence-corrected chi connectivity index (χ0v) is 15.9. The zero-order valence-electron chi connectivity index (χ0n) is 15.1. The number of aromatic nitrogens is 3. The van der Waals surface area contributed by atoms with Crippen molar-refractivity contribution in [2.75, 3.05) is 5.32 Å². The van der Waals surface area contributed by atoms with Crippen LogP contribution >= 0.6 is 11.3 Å². The van der Waals surface area contributed by atoms with Crippen LogP contribution in [0.15, 0.2) is 34.4 Å². The summed E-state index contributed by atoms with van der Waals surface area (Å²) in [6.45, 7) is 3.54. The normalized spacial score (nSPS) is 11.6. The lowest BCUT2D eigenvalue weighted by molar-refractivity contribution is -0.137. The van der Waals surface area contributed by atoms with Crippen molar-refractivity contribution in [2.45, 2.75) is 32.9 Å². The Balaban J connectivity index is 1.69. The molecule has 0 bridgehead atoms. The molecule has 28 heavy (non-hydrogen) atoms. The number of thiazole rings is 1. The number of H-pyrrole nitrogens is 1. The Morgan fingerprint density at radius 2 is 2.07 bits per heavy atom. The molecule has 6 nitrogen and oxygen atoms in total. The number of benzene rings is 1. The zero-order chi connectivity index (χ0) is 20.5.